The lowest BCUT2D eigenvalue weighted by Crippen LogP contribution is -2.15. The summed E-state index contributed by atoms with van der Waals surface area (Å²) >= 11 is 3.24. The lowest BCUT2D eigenvalue weighted by molar-refractivity contribution is 0.456. The van der Waals surface area contributed by atoms with Gasteiger partial charge in [-0.05, 0) is 36.6 Å². The number of hydrogen-bond donors (Lipinski definition) is 1. The van der Waals surface area contributed by atoms with E-state index in [1.807, 2.05) is 12.1 Å². The number of nitrogens with zero attached hydrogens (tertiary/aromatic N) is 1. The Morgan fingerprint density at radius 3 is 2.90 bits per heavy atom. The first kappa shape index (κ1) is 13.5. The van der Waals surface area contributed by atoms with E-state index in [9.17, 15) is 4.39 Å². The Morgan fingerprint density at radius 2 is 2.15 bits per heavy atom. The van der Waals surface area contributed by atoms with Crippen LogP contribution < -0.4 is 10.1 Å². The Hall–Kier alpha value is -1.46. The van der Waals surface area contributed by atoms with Crippen LogP contribution in [-0.4, -0.2) is 11.0 Å². The molecule has 5 heteroatoms. The average molecular weight is 337 g/mol. The van der Waals surface area contributed by atoms with Crippen LogP contribution in [0.15, 0.2) is 41.0 Å². The van der Waals surface area contributed by atoms with Gasteiger partial charge in [-0.1, -0.05) is 15.9 Å². The van der Waals surface area contributed by atoms with Crippen molar-refractivity contribution in [2.75, 3.05) is 0 Å². The van der Waals surface area contributed by atoms with Gasteiger partial charge in [-0.15, -0.1) is 0 Å². The van der Waals surface area contributed by atoms with Gasteiger partial charge < -0.3 is 10.1 Å². The highest BCUT2D eigenvalue weighted by Crippen LogP contribution is 2.25. The molecule has 0 radical (unpaired) electrons. The lowest BCUT2D eigenvalue weighted by atomic mass is 10.2. The Bertz CT molecular complexity index is 596. The van der Waals surface area contributed by atoms with Crippen molar-refractivity contribution >= 4 is 15.9 Å². The maximum Gasteiger partial charge on any atom is 0.219 e. The molecule has 20 heavy (non-hydrogen) atoms. The molecular formula is C15H14BrFN2O. The molecule has 1 aliphatic rings. The first-order valence-corrected chi connectivity index (χ1v) is 7.30. The van der Waals surface area contributed by atoms with Crippen molar-refractivity contribution in [3.8, 4) is 11.6 Å². The molecule has 1 aliphatic carbocycles. The number of hydrogen-bond acceptors (Lipinski definition) is 3. The van der Waals surface area contributed by atoms with Crippen LogP contribution in [-0.2, 0) is 6.54 Å². The van der Waals surface area contributed by atoms with E-state index >= 15 is 0 Å². The van der Waals surface area contributed by atoms with E-state index in [-0.39, 0.29) is 5.82 Å². The molecule has 0 amide bonds. The number of pyridine rings is 1. The molecule has 0 aliphatic heterocycles. The summed E-state index contributed by atoms with van der Waals surface area (Å²) in [5.41, 5.74) is 1.11. The average Bonchev–Trinajstić information content (AvgIpc) is 3.19. The summed E-state index contributed by atoms with van der Waals surface area (Å²) in [7, 11) is 0. The third-order valence-electron chi connectivity index (χ3n) is 3.03. The predicted molar refractivity (Wildman–Crippen MR) is 78.3 cm³/mol. The minimum Gasteiger partial charge on any atom is -0.439 e. The highest BCUT2D eigenvalue weighted by Gasteiger charge is 2.19. The van der Waals surface area contributed by atoms with Crippen molar-refractivity contribution in [1.29, 1.82) is 0 Å². The largest absolute Gasteiger partial charge is 0.439 e. The highest BCUT2D eigenvalue weighted by atomic mass is 79.9. The fourth-order valence-corrected chi connectivity index (χ4v) is 2.32. The van der Waals surface area contributed by atoms with Gasteiger partial charge in [0.15, 0.2) is 0 Å². The van der Waals surface area contributed by atoms with E-state index in [2.05, 4.69) is 26.2 Å². The summed E-state index contributed by atoms with van der Waals surface area (Å²) in [5.74, 6) is 0.551. The second-order valence-corrected chi connectivity index (χ2v) is 5.78. The molecule has 104 valence electrons. The standard InChI is InChI=1S/C15H14BrFN2O/c16-11-6-12(17)8-14(7-11)20-15-5-10(3-4-18-15)9-19-13-1-2-13/h3-8,13,19H,1-2,9H2. The van der Waals surface area contributed by atoms with Crippen molar-refractivity contribution < 1.29 is 9.13 Å². The molecule has 1 N–H and O–H groups in total. The first-order valence-electron chi connectivity index (χ1n) is 6.51. The van der Waals surface area contributed by atoms with Gasteiger partial charge in [-0.3, -0.25) is 0 Å². The van der Waals surface area contributed by atoms with Gasteiger partial charge in [0.1, 0.15) is 11.6 Å². The molecular weight excluding hydrogens is 323 g/mol. The SMILES string of the molecule is Fc1cc(Br)cc(Oc2cc(CNC3CC3)ccn2)c1. The van der Waals surface area contributed by atoms with Gasteiger partial charge in [0.05, 0.1) is 0 Å². The zero-order valence-corrected chi connectivity index (χ0v) is 12.4. The van der Waals surface area contributed by atoms with E-state index in [0.29, 0.717) is 22.1 Å². The van der Waals surface area contributed by atoms with Crippen LogP contribution in [0.3, 0.4) is 0 Å². The Kier molecular flexibility index (Phi) is 3.98. The van der Waals surface area contributed by atoms with Crippen LogP contribution in [0.25, 0.3) is 0 Å². The van der Waals surface area contributed by atoms with E-state index in [0.717, 1.165) is 12.1 Å². The second-order valence-electron chi connectivity index (χ2n) is 4.86. The fraction of sp³-hybridized carbons (Fsp3) is 0.267. The topological polar surface area (TPSA) is 34.1 Å². The molecule has 3 nitrogen and oxygen atoms in total. The first-order chi connectivity index (χ1) is 9.69. The molecule has 0 atom stereocenters. The summed E-state index contributed by atoms with van der Waals surface area (Å²) < 4.78 is 19.5. The number of aromatic nitrogens is 1. The molecule has 0 saturated heterocycles. The molecule has 2 aromatic rings. The Labute approximate surface area is 125 Å². The van der Waals surface area contributed by atoms with Crippen molar-refractivity contribution in [3.05, 3.63) is 52.4 Å². The molecule has 1 aromatic carbocycles. The number of rotatable bonds is 5. The van der Waals surface area contributed by atoms with Gasteiger partial charge >= 0.3 is 0 Å². The van der Waals surface area contributed by atoms with Crippen LogP contribution in [0.5, 0.6) is 11.6 Å². The van der Waals surface area contributed by atoms with E-state index in [1.165, 1.54) is 25.0 Å². The van der Waals surface area contributed by atoms with E-state index in [1.54, 1.807) is 12.3 Å². The summed E-state index contributed by atoms with van der Waals surface area (Å²) in [5, 5.41) is 3.43. The van der Waals surface area contributed by atoms with Crippen molar-refractivity contribution in [1.82, 2.24) is 10.3 Å². The quantitative estimate of drug-likeness (QED) is 0.895. The van der Waals surface area contributed by atoms with E-state index in [4.69, 9.17) is 4.74 Å². The van der Waals surface area contributed by atoms with Gasteiger partial charge in [-0.25, -0.2) is 9.37 Å². The molecule has 1 fully saturated rings. The van der Waals surface area contributed by atoms with Gasteiger partial charge in [0.25, 0.3) is 0 Å². The molecule has 3 rings (SSSR count). The maximum absolute atomic E-state index is 13.3. The smallest absolute Gasteiger partial charge is 0.219 e. The number of halogens is 2. The van der Waals surface area contributed by atoms with Crippen molar-refractivity contribution in [3.63, 3.8) is 0 Å². The van der Waals surface area contributed by atoms with Crippen LogP contribution >= 0.6 is 15.9 Å². The lowest BCUT2D eigenvalue weighted by Gasteiger charge is -2.08. The van der Waals surface area contributed by atoms with E-state index < -0.39 is 0 Å². The normalized spacial score (nSPS) is 14.3. The van der Waals surface area contributed by atoms with Gasteiger partial charge in [0.2, 0.25) is 5.88 Å². The Morgan fingerprint density at radius 1 is 1.30 bits per heavy atom. The predicted octanol–water partition coefficient (Wildman–Crippen LogP) is 4.03. The fourth-order valence-electron chi connectivity index (χ4n) is 1.87. The van der Waals surface area contributed by atoms with Gasteiger partial charge in [0, 0.05) is 35.4 Å². The third kappa shape index (κ3) is 3.77. The van der Waals surface area contributed by atoms with Crippen molar-refractivity contribution in [2.45, 2.75) is 25.4 Å². The number of nitrogens with one attached hydrogen (secondary N) is 1. The molecule has 1 saturated carbocycles. The monoisotopic (exact) mass is 336 g/mol. The van der Waals surface area contributed by atoms with Crippen LogP contribution in [0.2, 0.25) is 0 Å². The summed E-state index contributed by atoms with van der Waals surface area (Å²) in [6, 6.07) is 8.90. The summed E-state index contributed by atoms with van der Waals surface area (Å²) in [6.07, 6.45) is 4.21. The number of ether oxygens (including phenoxy) is 1. The molecule has 1 aromatic heterocycles. The van der Waals surface area contributed by atoms with Crippen molar-refractivity contribution in [2.24, 2.45) is 0 Å². The van der Waals surface area contributed by atoms with Crippen LogP contribution in [0.4, 0.5) is 4.39 Å². The molecule has 0 spiro atoms. The zero-order chi connectivity index (χ0) is 13.9. The summed E-state index contributed by atoms with van der Waals surface area (Å²) in [4.78, 5) is 4.15. The third-order valence-corrected chi connectivity index (χ3v) is 3.49. The summed E-state index contributed by atoms with van der Waals surface area (Å²) in [6.45, 7) is 0.802. The molecule has 0 bridgehead atoms. The van der Waals surface area contributed by atoms with Crippen LogP contribution in [0.1, 0.15) is 18.4 Å². The zero-order valence-electron chi connectivity index (χ0n) is 10.8. The van der Waals surface area contributed by atoms with Crippen LogP contribution in [0, 0.1) is 5.82 Å². The minimum atomic E-state index is -0.346. The minimum absolute atomic E-state index is 0.346. The Balaban J connectivity index is 1.70. The maximum atomic E-state index is 13.3. The second kappa shape index (κ2) is 5.89. The number of benzene rings is 1. The van der Waals surface area contributed by atoms with Gasteiger partial charge in [-0.2, -0.15) is 0 Å². The molecule has 1 heterocycles. The molecule has 0 unspecified atom stereocenters. The highest BCUT2D eigenvalue weighted by molar-refractivity contribution is 9.10.